The van der Waals surface area contributed by atoms with Crippen molar-refractivity contribution in [2.45, 2.75) is 42.5 Å². The molecule has 6 N–H and O–H groups in total. The highest BCUT2D eigenvalue weighted by Crippen LogP contribution is 2.39. The molecule has 6 atom stereocenters. The van der Waals surface area contributed by atoms with Crippen molar-refractivity contribution in [3.05, 3.63) is 69.7 Å². The monoisotopic (exact) mass is 448 g/mol. The molecule has 0 bridgehead atoms. The van der Waals surface area contributed by atoms with Crippen molar-refractivity contribution in [1.29, 1.82) is 0 Å². The molecule has 1 saturated heterocycles. The molecule has 0 radical (unpaired) electrons. The molecule has 3 rings (SSSR count). The van der Waals surface area contributed by atoms with Crippen LogP contribution in [-0.2, 0) is 16.9 Å². The molecule has 2 aromatic carbocycles. The Kier molecular flexibility index (Phi) is 7.37. The zero-order chi connectivity index (χ0) is 22.8. The van der Waals surface area contributed by atoms with Gasteiger partial charge in [0.1, 0.15) is 24.4 Å². The van der Waals surface area contributed by atoms with Crippen LogP contribution < -0.4 is 0 Å². The molecule has 1 aliphatic rings. The van der Waals surface area contributed by atoms with Gasteiger partial charge in [0.25, 0.3) is 0 Å². The van der Waals surface area contributed by atoms with E-state index >= 15 is 0 Å². The first-order valence-electron chi connectivity index (χ1n) is 9.77. The van der Waals surface area contributed by atoms with E-state index in [0.29, 0.717) is 17.0 Å². The van der Waals surface area contributed by atoms with Gasteiger partial charge in [-0.05, 0) is 35.2 Å². The average molecular weight is 449 g/mol. The lowest BCUT2D eigenvalue weighted by Crippen LogP contribution is -2.63. The van der Waals surface area contributed by atoms with Crippen LogP contribution in [0, 0.1) is 12.3 Å². The van der Waals surface area contributed by atoms with Gasteiger partial charge >= 0.3 is 0 Å². The van der Waals surface area contributed by atoms with E-state index in [9.17, 15) is 25.5 Å². The standard InChI is InChI=1S/C23H25ClO7/c1-2-16(14-5-3-13(4-6-14)9-10-25)17-11-15(7-8-18(17)24)23(30)22(29)21(28)20(27)19(12-26)31-23/h1,3-8,11,16,19-22,25-30H,9-10,12H2/t16?,19-,20-,21+,22-,23-/m1/s1. The maximum atomic E-state index is 11.1. The van der Waals surface area contributed by atoms with Crippen LogP contribution in [0.25, 0.3) is 0 Å². The van der Waals surface area contributed by atoms with Gasteiger partial charge in [-0.1, -0.05) is 47.9 Å². The second-order valence-electron chi connectivity index (χ2n) is 7.51. The molecular weight excluding hydrogens is 424 g/mol. The van der Waals surface area contributed by atoms with Crippen LogP contribution in [0.15, 0.2) is 42.5 Å². The zero-order valence-electron chi connectivity index (χ0n) is 16.6. The molecule has 0 amide bonds. The van der Waals surface area contributed by atoms with E-state index in [1.165, 1.54) is 18.2 Å². The van der Waals surface area contributed by atoms with E-state index < -0.39 is 42.7 Å². The molecular formula is C23H25ClO7. The van der Waals surface area contributed by atoms with E-state index in [4.69, 9.17) is 27.9 Å². The quantitative estimate of drug-likeness (QED) is 0.349. The summed E-state index contributed by atoms with van der Waals surface area (Å²) >= 11 is 6.39. The summed E-state index contributed by atoms with van der Waals surface area (Å²) < 4.78 is 5.39. The predicted octanol–water partition coefficient (Wildman–Crippen LogP) is 0.259. The topological polar surface area (TPSA) is 131 Å². The van der Waals surface area contributed by atoms with Crippen molar-refractivity contribution in [3.8, 4) is 12.3 Å². The predicted molar refractivity (Wildman–Crippen MR) is 113 cm³/mol. The minimum atomic E-state index is -2.41. The molecule has 1 heterocycles. The van der Waals surface area contributed by atoms with Gasteiger partial charge in [0.2, 0.25) is 5.79 Å². The smallest absolute Gasteiger partial charge is 0.222 e. The molecule has 0 spiro atoms. The lowest BCUT2D eigenvalue weighted by molar-refractivity contribution is -0.357. The summed E-state index contributed by atoms with van der Waals surface area (Å²) in [5.41, 5.74) is 2.21. The molecule has 1 unspecified atom stereocenters. The molecule has 1 fully saturated rings. The zero-order valence-corrected chi connectivity index (χ0v) is 17.4. The fourth-order valence-electron chi connectivity index (χ4n) is 3.75. The van der Waals surface area contributed by atoms with E-state index in [1.807, 2.05) is 24.3 Å². The summed E-state index contributed by atoms with van der Waals surface area (Å²) in [6.07, 6.45) is -0.245. The van der Waals surface area contributed by atoms with Crippen molar-refractivity contribution >= 4 is 11.6 Å². The summed E-state index contributed by atoms with van der Waals surface area (Å²) in [5, 5.41) is 60.4. The fourth-order valence-corrected chi connectivity index (χ4v) is 3.98. The van der Waals surface area contributed by atoms with Gasteiger partial charge in [-0.3, -0.25) is 0 Å². The number of aliphatic hydroxyl groups excluding tert-OH is 5. The molecule has 8 heteroatoms. The minimum Gasteiger partial charge on any atom is -0.396 e. The maximum absolute atomic E-state index is 11.1. The maximum Gasteiger partial charge on any atom is 0.222 e. The normalized spacial score (nSPS) is 29.4. The Morgan fingerprint density at radius 1 is 1.06 bits per heavy atom. The van der Waals surface area contributed by atoms with Crippen molar-refractivity contribution in [2.75, 3.05) is 13.2 Å². The Morgan fingerprint density at radius 3 is 2.32 bits per heavy atom. The second kappa shape index (κ2) is 9.65. The van der Waals surface area contributed by atoms with Crippen molar-refractivity contribution < 1.29 is 35.4 Å². The van der Waals surface area contributed by atoms with Crippen LogP contribution in [-0.4, -0.2) is 68.3 Å². The molecule has 2 aromatic rings. The van der Waals surface area contributed by atoms with Gasteiger partial charge in [0.05, 0.1) is 12.5 Å². The van der Waals surface area contributed by atoms with Gasteiger partial charge in [0, 0.05) is 17.2 Å². The van der Waals surface area contributed by atoms with E-state index in [2.05, 4.69) is 5.92 Å². The number of ether oxygens (including phenoxy) is 1. The van der Waals surface area contributed by atoms with Gasteiger partial charge in [-0.2, -0.15) is 0 Å². The highest BCUT2D eigenvalue weighted by molar-refractivity contribution is 6.31. The molecule has 0 aliphatic carbocycles. The highest BCUT2D eigenvalue weighted by Gasteiger charge is 2.53. The summed E-state index contributed by atoms with van der Waals surface area (Å²) in [4.78, 5) is 0. The number of rotatable bonds is 6. The number of terminal acetylenes is 1. The van der Waals surface area contributed by atoms with Crippen molar-refractivity contribution in [2.24, 2.45) is 0 Å². The molecule has 31 heavy (non-hydrogen) atoms. The van der Waals surface area contributed by atoms with Gasteiger partial charge in [-0.25, -0.2) is 0 Å². The lowest BCUT2D eigenvalue weighted by atomic mass is 9.85. The summed E-state index contributed by atoms with van der Waals surface area (Å²) in [6.45, 7) is -0.650. The Balaban J connectivity index is 2.01. The third-order valence-corrected chi connectivity index (χ3v) is 5.91. The van der Waals surface area contributed by atoms with Crippen LogP contribution >= 0.6 is 11.6 Å². The Morgan fingerprint density at radius 2 is 1.74 bits per heavy atom. The average Bonchev–Trinajstić information content (AvgIpc) is 2.78. The largest absolute Gasteiger partial charge is 0.396 e. The highest BCUT2D eigenvalue weighted by atomic mass is 35.5. The molecule has 1 aliphatic heterocycles. The summed E-state index contributed by atoms with van der Waals surface area (Å²) in [5.74, 6) is -0.332. The first-order chi connectivity index (χ1) is 14.8. The third kappa shape index (κ3) is 4.48. The van der Waals surface area contributed by atoms with E-state index in [1.54, 1.807) is 0 Å². The Bertz CT molecular complexity index is 940. The number of benzene rings is 2. The number of halogens is 1. The number of hydrogen-bond acceptors (Lipinski definition) is 7. The van der Waals surface area contributed by atoms with Crippen LogP contribution in [0.5, 0.6) is 0 Å². The SMILES string of the molecule is C#CC(c1ccc(CCO)cc1)c1cc([C@@]2(O)O[C@H](CO)[C@@H](O)[C@H](O)[C@H]2O)ccc1Cl. The van der Waals surface area contributed by atoms with E-state index in [-0.39, 0.29) is 12.2 Å². The summed E-state index contributed by atoms with van der Waals surface area (Å²) in [6, 6.07) is 11.7. The van der Waals surface area contributed by atoms with E-state index in [0.717, 1.165) is 11.1 Å². The van der Waals surface area contributed by atoms with Crippen molar-refractivity contribution in [3.63, 3.8) is 0 Å². The summed E-state index contributed by atoms with van der Waals surface area (Å²) in [7, 11) is 0. The molecule has 166 valence electrons. The van der Waals surface area contributed by atoms with Crippen molar-refractivity contribution in [1.82, 2.24) is 0 Å². The minimum absolute atomic E-state index is 0.0298. The van der Waals surface area contributed by atoms with Gasteiger partial charge in [-0.15, -0.1) is 6.42 Å². The molecule has 7 nitrogen and oxygen atoms in total. The number of aliphatic hydroxyl groups is 6. The molecule has 0 saturated carbocycles. The second-order valence-corrected chi connectivity index (χ2v) is 7.92. The Labute approximate surface area is 185 Å². The van der Waals surface area contributed by atoms with Gasteiger partial charge < -0.3 is 35.4 Å². The molecule has 0 aromatic heterocycles. The first kappa shape index (κ1) is 23.7. The van der Waals surface area contributed by atoms with Crippen LogP contribution in [0.3, 0.4) is 0 Å². The van der Waals surface area contributed by atoms with Crippen LogP contribution in [0.1, 0.15) is 28.2 Å². The van der Waals surface area contributed by atoms with Gasteiger partial charge in [0.15, 0.2) is 0 Å². The van der Waals surface area contributed by atoms with Crippen LogP contribution in [0.2, 0.25) is 5.02 Å². The van der Waals surface area contributed by atoms with Crippen LogP contribution in [0.4, 0.5) is 0 Å². The first-order valence-corrected chi connectivity index (χ1v) is 10.2. The Hall–Kier alpha value is -1.99. The third-order valence-electron chi connectivity index (χ3n) is 5.57. The lowest BCUT2D eigenvalue weighted by Gasteiger charge is -2.45. The fraction of sp³-hybridized carbons (Fsp3) is 0.391. The number of hydrogen-bond donors (Lipinski definition) is 6.